The molecule has 2 heteroatoms. The van der Waals surface area contributed by atoms with Gasteiger partial charge in [-0.3, -0.25) is 0 Å². The second-order valence-electron chi connectivity index (χ2n) is 8.02. The Hall–Kier alpha value is -2.29. The molecule has 3 aromatic carbocycles. The van der Waals surface area contributed by atoms with Gasteiger partial charge in [0, 0.05) is 19.7 Å². The van der Waals surface area contributed by atoms with Gasteiger partial charge in [-0.2, -0.15) is 0 Å². The molecule has 30 heavy (non-hydrogen) atoms. The predicted molar refractivity (Wildman–Crippen MR) is 138 cm³/mol. The molecule has 1 aliphatic heterocycles. The summed E-state index contributed by atoms with van der Waals surface area (Å²) in [6.45, 7) is 8.76. The minimum Gasteiger partial charge on any atom is -0.118 e. The van der Waals surface area contributed by atoms with Gasteiger partial charge in [-0.15, -0.1) is 11.8 Å². The SMILES string of the molecule is CC1=Cc2ccc3ccccc3c2C1.CC1C=c2ccc3c(c2S1)C=CC=3.C[Si]C. The van der Waals surface area contributed by atoms with E-state index in [-0.39, 0.29) is 0 Å². The van der Waals surface area contributed by atoms with E-state index in [0.29, 0.717) is 5.25 Å². The molecule has 6 rings (SSSR count). The summed E-state index contributed by atoms with van der Waals surface area (Å²) in [6.07, 6.45) is 12.3. The van der Waals surface area contributed by atoms with Crippen molar-refractivity contribution >= 4 is 56.4 Å². The fourth-order valence-corrected chi connectivity index (χ4v) is 5.38. The Kier molecular flexibility index (Phi) is 6.45. The van der Waals surface area contributed by atoms with Crippen LogP contribution in [-0.2, 0) is 6.42 Å². The Morgan fingerprint density at radius 1 is 0.967 bits per heavy atom. The molecule has 0 amide bonds. The van der Waals surface area contributed by atoms with Gasteiger partial charge in [0.2, 0.25) is 0 Å². The molecule has 0 spiro atoms. The summed E-state index contributed by atoms with van der Waals surface area (Å²) in [7, 11) is 1.08. The van der Waals surface area contributed by atoms with E-state index in [4.69, 9.17) is 0 Å². The summed E-state index contributed by atoms with van der Waals surface area (Å²) in [4.78, 5) is 1.47. The molecule has 1 heterocycles. The molecule has 1 atom stereocenters. The summed E-state index contributed by atoms with van der Waals surface area (Å²) in [6, 6.07) is 17.5. The molecule has 3 aromatic rings. The highest BCUT2D eigenvalue weighted by Crippen LogP contribution is 2.31. The van der Waals surface area contributed by atoms with E-state index in [1.54, 1.807) is 0 Å². The van der Waals surface area contributed by atoms with Crippen molar-refractivity contribution in [1.82, 2.24) is 0 Å². The average Bonchev–Trinajstić information content (AvgIpc) is 3.45. The normalized spacial score (nSPS) is 16.8. The lowest BCUT2D eigenvalue weighted by Gasteiger charge is -2.04. The van der Waals surface area contributed by atoms with Gasteiger partial charge in [-0.1, -0.05) is 97.6 Å². The molecule has 0 N–H and O–H groups in total. The number of fused-ring (bicyclic) bond motifs is 6. The Morgan fingerprint density at radius 2 is 1.73 bits per heavy atom. The van der Waals surface area contributed by atoms with Gasteiger partial charge in [0.1, 0.15) is 0 Å². The zero-order valence-electron chi connectivity index (χ0n) is 18.2. The maximum absolute atomic E-state index is 2.34. The van der Waals surface area contributed by atoms with Crippen LogP contribution in [0.15, 0.2) is 65.1 Å². The van der Waals surface area contributed by atoms with Crippen molar-refractivity contribution in [3.8, 4) is 0 Å². The molecule has 0 fully saturated rings. The van der Waals surface area contributed by atoms with E-state index < -0.39 is 0 Å². The van der Waals surface area contributed by atoms with Crippen molar-refractivity contribution < 1.29 is 0 Å². The number of allylic oxidation sites excluding steroid dienone is 2. The van der Waals surface area contributed by atoms with Gasteiger partial charge in [0.25, 0.3) is 0 Å². The summed E-state index contributed by atoms with van der Waals surface area (Å²) in [5.41, 5.74) is 5.79. The van der Waals surface area contributed by atoms with E-state index in [1.807, 2.05) is 11.8 Å². The van der Waals surface area contributed by atoms with E-state index in [0.717, 1.165) is 15.9 Å². The molecule has 2 aliphatic carbocycles. The summed E-state index contributed by atoms with van der Waals surface area (Å²) >= 11 is 1.97. The van der Waals surface area contributed by atoms with Gasteiger partial charge in [-0.05, 0) is 58.2 Å². The highest BCUT2D eigenvalue weighted by molar-refractivity contribution is 8.00. The quantitative estimate of drug-likeness (QED) is 0.379. The second-order valence-corrected chi connectivity index (χ2v) is 10.4. The summed E-state index contributed by atoms with van der Waals surface area (Å²) in [5, 5.41) is 6.19. The van der Waals surface area contributed by atoms with Crippen LogP contribution in [0.4, 0.5) is 0 Å². The monoisotopic (exact) mass is 424 g/mol. The molecule has 2 radical (unpaired) electrons. The standard InChI is InChI=1S/C14H12.C12H10S.C2H6Si/c1-10-8-12-7-6-11-4-2-3-5-13(11)14(12)9-10;1-8-7-10-6-5-9-3-2-4-11(9)12(10)13-8;1-3-2/h2-8H,9H2,1H3;2-8H,1H3;1-2H3. The van der Waals surface area contributed by atoms with Crippen LogP contribution in [0.5, 0.6) is 0 Å². The summed E-state index contributed by atoms with van der Waals surface area (Å²) in [5.74, 6) is 0. The van der Waals surface area contributed by atoms with Gasteiger partial charge >= 0.3 is 0 Å². The largest absolute Gasteiger partial charge is 0.118 e. The number of rotatable bonds is 0. The fraction of sp³-hybridized carbons (Fsp3) is 0.214. The van der Waals surface area contributed by atoms with Crippen LogP contribution in [0.1, 0.15) is 30.5 Å². The third-order valence-corrected chi connectivity index (χ3v) is 6.65. The molecule has 0 bridgehead atoms. The molecule has 150 valence electrons. The highest BCUT2D eigenvalue weighted by atomic mass is 32.2. The van der Waals surface area contributed by atoms with Crippen molar-refractivity contribution in [1.29, 1.82) is 0 Å². The molecule has 0 saturated heterocycles. The van der Waals surface area contributed by atoms with Crippen LogP contribution in [-0.4, -0.2) is 14.8 Å². The molecular weight excluding hydrogens is 396 g/mol. The van der Waals surface area contributed by atoms with E-state index >= 15 is 0 Å². The van der Waals surface area contributed by atoms with Crippen molar-refractivity contribution in [2.75, 3.05) is 0 Å². The third kappa shape index (κ3) is 4.26. The molecule has 1 unspecified atom stereocenters. The maximum Gasteiger partial charge on any atom is 0.0307 e. The minimum atomic E-state index is 0.635. The maximum atomic E-state index is 2.34. The number of benzene rings is 3. The minimum absolute atomic E-state index is 0.635. The Balaban J connectivity index is 0.000000129. The zero-order valence-corrected chi connectivity index (χ0v) is 20.0. The van der Waals surface area contributed by atoms with E-state index in [9.17, 15) is 0 Å². The van der Waals surface area contributed by atoms with Gasteiger partial charge in [0.05, 0.1) is 0 Å². The first-order valence-electron chi connectivity index (χ1n) is 10.6. The van der Waals surface area contributed by atoms with Crippen molar-refractivity contribution in [2.24, 2.45) is 0 Å². The first-order valence-corrected chi connectivity index (χ1v) is 13.4. The van der Waals surface area contributed by atoms with Gasteiger partial charge < -0.3 is 0 Å². The smallest absolute Gasteiger partial charge is 0.0307 e. The topological polar surface area (TPSA) is 0 Å². The number of thioether (sulfide) groups is 1. The number of hydrogen-bond acceptors (Lipinski definition) is 1. The van der Waals surface area contributed by atoms with E-state index in [2.05, 4.69) is 106 Å². The number of hydrogen-bond donors (Lipinski definition) is 0. The zero-order chi connectivity index (χ0) is 21.1. The molecule has 3 aliphatic rings. The van der Waals surface area contributed by atoms with E-state index in [1.165, 1.54) is 48.4 Å². The first kappa shape index (κ1) is 21.0. The van der Waals surface area contributed by atoms with Crippen LogP contribution >= 0.6 is 11.8 Å². The molecular formula is C28H28SSi. The molecule has 0 aromatic heterocycles. The fourth-order valence-electron chi connectivity index (χ4n) is 4.21. The highest BCUT2D eigenvalue weighted by Gasteiger charge is 2.15. The first-order chi connectivity index (χ1) is 14.6. The van der Waals surface area contributed by atoms with Gasteiger partial charge in [0.15, 0.2) is 0 Å². The van der Waals surface area contributed by atoms with Crippen LogP contribution in [0.3, 0.4) is 0 Å². The Bertz CT molecular complexity index is 1260. The van der Waals surface area contributed by atoms with Crippen molar-refractivity contribution in [2.45, 2.75) is 43.5 Å². The van der Waals surface area contributed by atoms with Crippen LogP contribution in [0.2, 0.25) is 13.1 Å². The molecule has 0 saturated carbocycles. The third-order valence-electron chi connectivity index (χ3n) is 5.45. The molecule has 0 nitrogen and oxygen atoms in total. The second kappa shape index (κ2) is 9.24. The predicted octanol–water partition coefficient (Wildman–Crippen LogP) is 6.35. The lowest BCUT2D eigenvalue weighted by atomic mass is 10.0. The van der Waals surface area contributed by atoms with Crippen LogP contribution in [0, 0.1) is 0 Å². The van der Waals surface area contributed by atoms with Crippen LogP contribution < -0.4 is 10.4 Å². The Labute approximate surface area is 186 Å². The Morgan fingerprint density at radius 3 is 2.57 bits per heavy atom. The lowest BCUT2D eigenvalue weighted by molar-refractivity contribution is 1.21. The van der Waals surface area contributed by atoms with Crippen LogP contribution in [0.25, 0.3) is 35.1 Å². The van der Waals surface area contributed by atoms with Crippen molar-refractivity contribution in [3.63, 3.8) is 0 Å². The summed E-state index contributed by atoms with van der Waals surface area (Å²) < 4.78 is 0. The van der Waals surface area contributed by atoms with Gasteiger partial charge in [-0.25, -0.2) is 0 Å². The average molecular weight is 425 g/mol. The lowest BCUT2D eigenvalue weighted by Crippen LogP contribution is -2.11. The van der Waals surface area contributed by atoms with Crippen molar-refractivity contribution in [3.05, 3.63) is 87.3 Å².